The first-order valence-electron chi connectivity index (χ1n) is 10.2. The van der Waals surface area contributed by atoms with Gasteiger partial charge >= 0.3 is 5.97 Å². The fourth-order valence-electron chi connectivity index (χ4n) is 3.37. The van der Waals surface area contributed by atoms with Gasteiger partial charge in [-0.05, 0) is 53.9 Å². The molecule has 0 saturated heterocycles. The zero-order valence-electron chi connectivity index (χ0n) is 17.9. The standard InChI is InChI=1S/C24H19Cl2N3O4S/c1-33-16-5-8-18-21(13-16)27-28-29(23(18)30)11-10-22(24(31)32)34-17-6-2-14(3-7-17)15-4-9-19(25)20(26)12-15/h2-9,12-13,22H,10-11H2,1H3,(H,31,32). The van der Waals surface area contributed by atoms with E-state index in [-0.39, 0.29) is 18.5 Å². The van der Waals surface area contributed by atoms with Crippen LogP contribution in [0.3, 0.4) is 0 Å². The van der Waals surface area contributed by atoms with Crippen molar-refractivity contribution in [3.63, 3.8) is 0 Å². The minimum Gasteiger partial charge on any atom is -0.497 e. The molecule has 1 unspecified atom stereocenters. The first-order valence-corrected chi connectivity index (χ1v) is 11.9. The van der Waals surface area contributed by atoms with E-state index in [4.69, 9.17) is 27.9 Å². The summed E-state index contributed by atoms with van der Waals surface area (Å²) < 4.78 is 6.33. The van der Waals surface area contributed by atoms with Gasteiger partial charge in [0.05, 0.1) is 22.5 Å². The monoisotopic (exact) mass is 515 g/mol. The number of carboxylic acid groups (broad SMARTS) is 1. The van der Waals surface area contributed by atoms with E-state index >= 15 is 0 Å². The second-order valence-electron chi connectivity index (χ2n) is 7.39. The lowest BCUT2D eigenvalue weighted by atomic mass is 10.1. The van der Waals surface area contributed by atoms with Crippen LogP contribution >= 0.6 is 35.0 Å². The molecule has 1 N–H and O–H groups in total. The number of ether oxygens (including phenoxy) is 1. The Morgan fingerprint density at radius 1 is 1.06 bits per heavy atom. The van der Waals surface area contributed by atoms with Gasteiger partial charge in [-0.2, -0.15) is 0 Å². The van der Waals surface area contributed by atoms with Crippen LogP contribution in [0.2, 0.25) is 10.0 Å². The largest absolute Gasteiger partial charge is 0.497 e. The summed E-state index contributed by atoms with van der Waals surface area (Å²) in [6.45, 7) is 0.124. The Kier molecular flexibility index (Phi) is 7.41. The number of aryl methyl sites for hydroxylation is 1. The molecule has 0 aliphatic heterocycles. The fourth-order valence-corrected chi connectivity index (χ4v) is 4.61. The number of methoxy groups -OCH3 is 1. The van der Waals surface area contributed by atoms with Crippen molar-refractivity contribution >= 4 is 51.8 Å². The van der Waals surface area contributed by atoms with Crippen LogP contribution in [0.5, 0.6) is 5.75 Å². The number of nitrogens with zero attached hydrogens (tertiary/aromatic N) is 3. The molecule has 1 aromatic heterocycles. The van der Waals surface area contributed by atoms with Gasteiger partial charge in [-0.3, -0.25) is 9.59 Å². The molecule has 0 aliphatic carbocycles. The van der Waals surface area contributed by atoms with Crippen molar-refractivity contribution in [3.8, 4) is 16.9 Å². The normalized spacial score (nSPS) is 12.0. The van der Waals surface area contributed by atoms with Gasteiger partial charge in [0.15, 0.2) is 0 Å². The molecular weight excluding hydrogens is 497 g/mol. The minimum atomic E-state index is -0.968. The highest BCUT2D eigenvalue weighted by molar-refractivity contribution is 8.00. The molecular formula is C24H19Cl2N3O4S. The number of hydrogen-bond acceptors (Lipinski definition) is 6. The maximum atomic E-state index is 12.7. The Labute approximate surface area is 209 Å². The van der Waals surface area contributed by atoms with Crippen LogP contribution in [0.1, 0.15) is 6.42 Å². The number of aliphatic carboxylic acids is 1. The molecule has 7 nitrogen and oxygen atoms in total. The van der Waals surface area contributed by atoms with E-state index in [0.717, 1.165) is 16.0 Å². The number of carbonyl (C=O) groups is 1. The van der Waals surface area contributed by atoms with E-state index in [1.807, 2.05) is 30.3 Å². The topological polar surface area (TPSA) is 94.3 Å². The molecule has 0 bridgehead atoms. The Bertz CT molecular complexity index is 1410. The van der Waals surface area contributed by atoms with Gasteiger partial charge < -0.3 is 9.84 Å². The molecule has 1 heterocycles. The van der Waals surface area contributed by atoms with Gasteiger partial charge in [0.2, 0.25) is 0 Å². The van der Waals surface area contributed by atoms with Gasteiger partial charge in [-0.1, -0.05) is 46.6 Å². The number of benzene rings is 3. The van der Waals surface area contributed by atoms with E-state index in [9.17, 15) is 14.7 Å². The number of halogens is 2. The van der Waals surface area contributed by atoms with Crippen molar-refractivity contribution in [3.05, 3.63) is 81.1 Å². The van der Waals surface area contributed by atoms with Gasteiger partial charge in [0.1, 0.15) is 16.5 Å². The molecule has 34 heavy (non-hydrogen) atoms. The van der Waals surface area contributed by atoms with Crippen molar-refractivity contribution in [2.45, 2.75) is 23.1 Å². The molecule has 1 atom stereocenters. The highest BCUT2D eigenvalue weighted by atomic mass is 35.5. The van der Waals surface area contributed by atoms with Crippen molar-refractivity contribution < 1.29 is 14.6 Å². The van der Waals surface area contributed by atoms with Gasteiger partial charge in [0, 0.05) is 17.5 Å². The predicted molar refractivity (Wildman–Crippen MR) is 134 cm³/mol. The second-order valence-corrected chi connectivity index (χ2v) is 9.48. The second kappa shape index (κ2) is 10.5. The lowest BCUT2D eigenvalue weighted by Crippen LogP contribution is -2.27. The third kappa shape index (κ3) is 5.35. The number of hydrogen-bond donors (Lipinski definition) is 1. The Morgan fingerprint density at radius 2 is 1.79 bits per heavy atom. The Morgan fingerprint density at radius 3 is 2.47 bits per heavy atom. The van der Waals surface area contributed by atoms with Crippen LogP contribution in [0.15, 0.2) is 70.4 Å². The van der Waals surface area contributed by atoms with Crippen LogP contribution < -0.4 is 10.3 Å². The maximum Gasteiger partial charge on any atom is 0.317 e. The fraction of sp³-hybridized carbons (Fsp3) is 0.167. The number of rotatable bonds is 8. The zero-order valence-corrected chi connectivity index (χ0v) is 20.3. The van der Waals surface area contributed by atoms with E-state index in [2.05, 4.69) is 10.3 Å². The average molecular weight is 516 g/mol. The quantitative estimate of drug-likeness (QED) is 0.313. The molecule has 4 rings (SSSR count). The van der Waals surface area contributed by atoms with Gasteiger partial charge in [-0.25, -0.2) is 4.68 Å². The van der Waals surface area contributed by atoms with Crippen molar-refractivity contribution in [1.29, 1.82) is 0 Å². The lowest BCUT2D eigenvalue weighted by Gasteiger charge is -2.13. The van der Waals surface area contributed by atoms with Crippen molar-refractivity contribution in [2.75, 3.05) is 7.11 Å². The zero-order chi connectivity index (χ0) is 24.2. The van der Waals surface area contributed by atoms with Crippen molar-refractivity contribution in [2.24, 2.45) is 0 Å². The molecule has 0 saturated carbocycles. The molecule has 3 aromatic carbocycles. The summed E-state index contributed by atoms with van der Waals surface area (Å²) in [6, 6.07) is 17.8. The van der Waals surface area contributed by atoms with Crippen molar-refractivity contribution in [1.82, 2.24) is 15.0 Å². The predicted octanol–water partition coefficient (Wildman–Crippen LogP) is 5.41. The third-order valence-electron chi connectivity index (χ3n) is 5.19. The van der Waals surface area contributed by atoms with Gasteiger partial charge in [0.25, 0.3) is 5.56 Å². The smallest absolute Gasteiger partial charge is 0.317 e. The highest BCUT2D eigenvalue weighted by Crippen LogP contribution is 2.31. The summed E-state index contributed by atoms with van der Waals surface area (Å²) in [5.41, 5.74) is 1.94. The molecule has 0 fully saturated rings. The summed E-state index contributed by atoms with van der Waals surface area (Å²) in [6.07, 6.45) is 0.199. The first kappa shape index (κ1) is 24.1. The SMILES string of the molecule is COc1ccc2c(=O)n(CCC(Sc3ccc(-c4ccc(Cl)c(Cl)c4)cc3)C(=O)O)nnc2c1. The third-order valence-corrected chi connectivity index (χ3v) is 7.20. The summed E-state index contributed by atoms with van der Waals surface area (Å²) in [7, 11) is 1.53. The molecule has 0 amide bonds. The lowest BCUT2D eigenvalue weighted by molar-refractivity contribution is -0.136. The maximum absolute atomic E-state index is 12.7. The molecule has 10 heteroatoms. The van der Waals surface area contributed by atoms with Crippen LogP contribution in [0.25, 0.3) is 22.0 Å². The van der Waals surface area contributed by atoms with Crippen LogP contribution in [-0.2, 0) is 11.3 Å². The average Bonchev–Trinajstić information content (AvgIpc) is 2.84. The Balaban J connectivity index is 1.47. The molecule has 174 valence electrons. The summed E-state index contributed by atoms with van der Waals surface area (Å²) >= 11 is 13.3. The highest BCUT2D eigenvalue weighted by Gasteiger charge is 2.20. The van der Waals surface area contributed by atoms with Crippen LogP contribution in [0.4, 0.5) is 0 Å². The number of carboxylic acids is 1. The van der Waals surface area contributed by atoms with E-state index in [1.54, 1.807) is 30.3 Å². The summed E-state index contributed by atoms with van der Waals surface area (Å²) in [4.78, 5) is 25.4. The molecule has 4 aromatic rings. The number of thioether (sulfide) groups is 1. The molecule has 0 radical (unpaired) electrons. The van der Waals surface area contributed by atoms with Crippen LogP contribution in [-0.4, -0.2) is 38.4 Å². The van der Waals surface area contributed by atoms with Crippen LogP contribution in [0, 0.1) is 0 Å². The Hall–Kier alpha value is -3.07. The summed E-state index contributed by atoms with van der Waals surface area (Å²) in [5.74, 6) is -0.392. The van der Waals surface area contributed by atoms with E-state index in [0.29, 0.717) is 26.7 Å². The molecule has 0 spiro atoms. The van der Waals surface area contributed by atoms with E-state index < -0.39 is 11.2 Å². The number of aromatic nitrogens is 3. The van der Waals surface area contributed by atoms with Gasteiger partial charge in [-0.15, -0.1) is 16.9 Å². The number of fused-ring (bicyclic) bond motifs is 1. The summed E-state index contributed by atoms with van der Waals surface area (Å²) in [5, 5.41) is 18.3. The minimum absolute atomic E-state index is 0.124. The molecule has 0 aliphatic rings. The van der Waals surface area contributed by atoms with E-state index in [1.165, 1.54) is 23.6 Å². The first-order chi connectivity index (χ1) is 16.4.